The number of hydrogen-bond acceptors (Lipinski definition) is 1. The summed E-state index contributed by atoms with van der Waals surface area (Å²) in [7, 11) is 0. The quantitative estimate of drug-likeness (QED) is 0.797. The number of halogens is 2. The number of aromatic nitrogens is 1. The molecule has 1 aromatic heterocycles. The van der Waals surface area contributed by atoms with Crippen molar-refractivity contribution in [1.29, 1.82) is 0 Å². The van der Waals surface area contributed by atoms with E-state index in [1.807, 2.05) is 12.1 Å². The van der Waals surface area contributed by atoms with Gasteiger partial charge in [0.25, 0.3) is 5.56 Å². The molecular weight excluding hydrogens is 298 g/mol. The summed E-state index contributed by atoms with van der Waals surface area (Å²) in [5, 5.41) is 1.61. The first-order valence-electron chi connectivity index (χ1n) is 3.65. The minimum atomic E-state index is -0.0642. The van der Waals surface area contributed by atoms with Crippen LogP contribution in [0.3, 0.4) is 0 Å². The van der Waals surface area contributed by atoms with Gasteiger partial charge in [0.15, 0.2) is 0 Å². The van der Waals surface area contributed by atoms with Crippen molar-refractivity contribution in [2.75, 3.05) is 0 Å². The van der Waals surface area contributed by atoms with Crippen LogP contribution in [0, 0.1) is 0 Å². The summed E-state index contributed by atoms with van der Waals surface area (Å²) >= 11 is 6.73. The third-order valence-corrected chi connectivity index (χ3v) is 2.96. The molecule has 0 aliphatic heterocycles. The van der Waals surface area contributed by atoms with Crippen molar-refractivity contribution < 1.29 is 0 Å². The number of H-pyrrole nitrogens is 1. The molecule has 1 heterocycles. The maximum Gasteiger partial charge on any atom is 0.255 e. The zero-order valence-corrected chi connectivity index (χ0v) is 9.65. The average Bonchev–Trinajstić information content (AvgIpc) is 2.12. The fourth-order valence-electron chi connectivity index (χ4n) is 1.20. The van der Waals surface area contributed by atoms with Crippen LogP contribution in [0.4, 0.5) is 0 Å². The topological polar surface area (TPSA) is 32.9 Å². The van der Waals surface area contributed by atoms with Gasteiger partial charge >= 0.3 is 0 Å². The molecule has 1 N–H and O–H groups in total. The molecule has 2 rings (SSSR count). The first kappa shape index (κ1) is 8.97. The maximum atomic E-state index is 11.4. The highest BCUT2D eigenvalue weighted by Crippen LogP contribution is 2.23. The molecule has 66 valence electrons. The largest absolute Gasteiger partial charge is 0.327 e. The molecule has 1 aromatic carbocycles. The van der Waals surface area contributed by atoms with Crippen molar-refractivity contribution in [3.8, 4) is 0 Å². The van der Waals surface area contributed by atoms with E-state index in [2.05, 4.69) is 36.8 Å². The Kier molecular flexibility index (Phi) is 2.26. The number of pyridine rings is 1. The highest BCUT2D eigenvalue weighted by atomic mass is 79.9. The van der Waals surface area contributed by atoms with Crippen molar-refractivity contribution in [1.82, 2.24) is 4.98 Å². The highest BCUT2D eigenvalue weighted by Gasteiger charge is 2.02. The summed E-state index contributed by atoms with van der Waals surface area (Å²) in [5.74, 6) is 0. The average molecular weight is 303 g/mol. The lowest BCUT2D eigenvalue weighted by Gasteiger charge is -1.99. The number of nitrogens with one attached hydrogen (secondary N) is 1. The Morgan fingerprint density at radius 2 is 1.92 bits per heavy atom. The van der Waals surface area contributed by atoms with E-state index >= 15 is 0 Å². The molecule has 0 fully saturated rings. The second-order valence-electron chi connectivity index (χ2n) is 2.66. The van der Waals surface area contributed by atoms with E-state index in [0.29, 0.717) is 5.39 Å². The van der Waals surface area contributed by atoms with E-state index in [1.54, 1.807) is 12.3 Å². The monoisotopic (exact) mass is 301 g/mol. The van der Waals surface area contributed by atoms with Crippen LogP contribution in [-0.4, -0.2) is 4.98 Å². The van der Waals surface area contributed by atoms with Gasteiger partial charge in [0.1, 0.15) is 0 Å². The lowest BCUT2D eigenvalue weighted by Crippen LogP contribution is -2.04. The van der Waals surface area contributed by atoms with Gasteiger partial charge in [-0.1, -0.05) is 15.9 Å². The van der Waals surface area contributed by atoms with Crippen molar-refractivity contribution in [2.24, 2.45) is 0 Å². The van der Waals surface area contributed by atoms with Gasteiger partial charge in [-0.05, 0) is 34.1 Å². The molecule has 0 bridgehead atoms. The second-order valence-corrected chi connectivity index (χ2v) is 4.43. The van der Waals surface area contributed by atoms with Crippen LogP contribution >= 0.6 is 31.9 Å². The molecule has 2 nitrogen and oxygen atoms in total. The Hall–Kier alpha value is -0.610. The van der Waals surface area contributed by atoms with Gasteiger partial charge < -0.3 is 4.98 Å². The van der Waals surface area contributed by atoms with Crippen LogP contribution in [0.25, 0.3) is 10.8 Å². The molecule has 0 aliphatic carbocycles. The van der Waals surface area contributed by atoms with Crippen LogP contribution in [0.1, 0.15) is 0 Å². The SMILES string of the molecule is O=c1[nH]cc(Br)c2cc(Br)ccc12. The summed E-state index contributed by atoms with van der Waals surface area (Å²) < 4.78 is 1.86. The minimum Gasteiger partial charge on any atom is -0.327 e. The van der Waals surface area contributed by atoms with E-state index < -0.39 is 0 Å². The summed E-state index contributed by atoms with van der Waals surface area (Å²) in [5.41, 5.74) is -0.0642. The van der Waals surface area contributed by atoms with E-state index in [1.165, 1.54) is 0 Å². The number of fused-ring (bicyclic) bond motifs is 1. The maximum absolute atomic E-state index is 11.4. The van der Waals surface area contributed by atoms with E-state index in [0.717, 1.165) is 14.3 Å². The molecule has 0 atom stereocenters. The lowest BCUT2D eigenvalue weighted by molar-refractivity contribution is 1.26. The normalized spacial score (nSPS) is 10.6. The third kappa shape index (κ3) is 1.56. The molecule has 13 heavy (non-hydrogen) atoms. The lowest BCUT2D eigenvalue weighted by atomic mass is 10.2. The molecular formula is C9H5Br2NO. The van der Waals surface area contributed by atoms with Crippen LogP contribution < -0.4 is 5.56 Å². The van der Waals surface area contributed by atoms with E-state index in [-0.39, 0.29) is 5.56 Å². The van der Waals surface area contributed by atoms with Gasteiger partial charge in [0.2, 0.25) is 0 Å². The fourth-order valence-corrected chi connectivity index (χ4v) is 2.00. The zero-order valence-electron chi connectivity index (χ0n) is 6.47. The Labute approximate surface area is 91.2 Å². The molecule has 0 spiro atoms. The Morgan fingerprint density at radius 3 is 2.69 bits per heavy atom. The van der Waals surface area contributed by atoms with Gasteiger partial charge in [0.05, 0.1) is 0 Å². The number of rotatable bonds is 0. The number of hydrogen-bond donors (Lipinski definition) is 1. The van der Waals surface area contributed by atoms with Crippen LogP contribution in [0.2, 0.25) is 0 Å². The summed E-state index contributed by atoms with van der Waals surface area (Å²) in [6.45, 7) is 0. The number of benzene rings is 1. The molecule has 0 saturated carbocycles. The molecule has 0 unspecified atom stereocenters. The van der Waals surface area contributed by atoms with Crippen LogP contribution in [-0.2, 0) is 0 Å². The van der Waals surface area contributed by atoms with Gasteiger partial charge in [-0.3, -0.25) is 4.79 Å². The van der Waals surface area contributed by atoms with E-state index in [9.17, 15) is 4.79 Å². The fraction of sp³-hybridized carbons (Fsp3) is 0. The van der Waals surface area contributed by atoms with Crippen LogP contribution in [0.5, 0.6) is 0 Å². The predicted octanol–water partition coefficient (Wildman–Crippen LogP) is 3.05. The smallest absolute Gasteiger partial charge is 0.255 e. The van der Waals surface area contributed by atoms with Crippen molar-refractivity contribution in [3.05, 3.63) is 43.7 Å². The highest BCUT2D eigenvalue weighted by molar-refractivity contribution is 9.11. The molecule has 0 radical (unpaired) electrons. The van der Waals surface area contributed by atoms with Gasteiger partial charge in [-0.25, -0.2) is 0 Å². The third-order valence-electron chi connectivity index (χ3n) is 1.81. The summed E-state index contributed by atoms with van der Waals surface area (Å²) in [4.78, 5) is 14.0. The predicted molar refractivity (Wildman–Crippen MR) is 60.0 cm³/mol. The van der Waals surface area contributed by atoms with Crippen molar-refractivity contribution in [3.63, 3.8) is 0 Å². The Morgan fingerprint density at radius 1 is 1.15 bits per heavy atom. The van der Waals surface area contributed by atoms with Gasteiger partial charge in [-0.15, -0.1) is 0 Å². The zero-order chi connectivity index (χ0) is 9.42. The van der Waals surface area contributed by atoms with Gasteiger partial charge in [-0.2, -0.15) is 0 Å². The van der Waals surface area contributed by atoms with E-state index in [4.69, 9.17) is 0 Å². The molecule has 4 heteroatoms. The molecule has 2 aromatic rings. The minimum absolute atomic E-state index is 0.0642. The Balaban J connectivity index is 3.01. The standard InChI is InChI=1S/C9H5Br2NO/c10-5-1-2-6-7(3-5)8(11)4-12-9(6)13/h1-4H,(H,12,13). The first-order valence-corrected chi connectivity index (χ1v) is 5.23. The first-order chi connectivity index (χ1) is 6.18. The molecule has 0 amide bonds. The molecule has 0 aliphatic rings. The second kappa shape index (κ2) is 3.27. The van der Waals surface area contributed by atoms with Gasteiger partial charge in [0, 0.05) is 25.9 Å². The van der Waals surface area contributed by atoms with Crippen molar-refractivity contribution >= 4 is 42.6 Å². The summed E-state index contributed by atoms with van der Waals surface area (Å²) in [6.07, 6.45) is 1.65. The summed E-state index contributed by atoms with van der Waals surface area (Å²) in [6, 6.07) is 5.56. The number of aromatic amines is 1. The van der Waals surface area contributed by atoms with Crippen LogP contribution in [0.15, 0.2) is 38.1 Å². The van der Waals surface area contributed by atoms with Crippen molar-refractivity contribution in [2.45, 2.75) is 0 Å². The Bertz CT molecular complexity index is 518. The molecule has 0 saturated heterocycles.